The van der Waals surface area contributed by atoms with Crippen molar-refractivity contribution >= 4 is 23.5 Å². The highest BCUT2D eigenvalue weighted by atomic mass is 35.5. The van der Waals surface area contributed by atoms with Crippen LogP contribution in [0.2, 0.25) is 5.02 Å². The van der Waals surface area contributed by atoms with Crippen LogP contribution in [0.1, 0.15) is 34.5 Å². The molecule has 0 bridgehead atoms. The van der Waals surface area contributed by atoms with Gasteiger partial charge in [-0.1, -0.05) is 54.1 Å². The lowest BCUT2D eigenvalue weighted by atomic mass is 10.1. The first-order chi connectivity index (χ1) is 13.1. The van der Waals surface area contributed by atoms with E-state index in [-0.39, 0.29) is 11.9 Å². The Morgan fingerprint density at radius 1 is 1.04 bits per heavy atom. The van der Waals surface area contributed by atoms with E-state index in [1.165, 1.54) is 18.0 Å². The van der Waals surface area contributed by atoms with Crippen molar-refractivity contribution in [1.82, 2.24) is 15.3 Å². The first-order valence-corrected chi connectivity index (χ1v) is 9.16. The molecule has 0 radical (unpaired) electrons. The molecule has 27 heavy (non-hydrogen) atoms. The number of carbonyl (C=O) groups excluding carboxylic acids is 1. The molecule has 2 aromatic carbocycles. The van der Waals surface area contributed by atoms with Crippen LogP contribution in [0.25, 0.3) is 0 Å². The predicted molar refractivity (Wildman–Crippen MR) is 108 cm³/mol. The topological polar surface area (TPSA) is 66.9 Å². The molecule has 0 spiro atoms. The lowest BCUT2D eigenvalue weighted by Crippen LogP contribution is -2.27. The summed E-state index contributed by atoms with van der Waals surface area (Å²) in [6.07, 6.45) is 3.90. The van der Waals surface area contributed by atoms with Gasteiger partial charge in [-0.3, -0.25) is 4.79 Å². The van der Waals surface area contributed by atoms with E-state index in [0.29, 0.717) is 18.1 Å². The minimum Gasteiger partial charge on any atom is -0.354 e. The van der Waals surface area contributed by atoms with Gasteiger partial charge in [-0.25, -0.2) is 9.97 Å². The zero-order chi connectivity index (χ0) is 19.1. The molecule has 1 heterocycles. The fourth-order valence-electron chi connectivity index (χ4n) is 2.61. The number of benzene rings is 2. The molecule has 1 aromatic heterocycles. The highest BCUT2D eigenvalue weighted by Crippen LogP contribution is 2.13. The standard InChI is InChI=1S/C21H21ClN4O/c1-15(17-5-3-2-4-6-17)26-20(27)18-13-24-21(25-14-18)23-12-11-16-7-9-19(22)10-8-16/h2-10,13-15H,11-12H2,1H3,(H,26,27)(H,23,24,25). The Labute approximate surface area is 163 Å². The second-order valence-electron chi connectivity index (χ2n) is 6.20. The molecule has 0 aliphatic rings. The van der Waals surface area contributed by atoms with E-state index in [1.807, 2.05) is 61.5 Å². The molecule has 0 fully saturated rings. The van der Waals surface area contributed by atoms with Crippen molar-refractivity contribution in [1.29, 1.82) is 0 Å². The van der Waals surface area contributed by atoms with Crippen LogP contribution in [-0.4, -0.2) is 22.4 Å². The lowest BCUT2D eigenvalue weighted by molar-refractivity contribution is 0.0939. The van der Waals surface area contributed by atoms with Crippen LogP contribution in [0.15, 0.2) is 67.0 Å². The number of halogens is 1. The molecule has 138 valence electrons. The van der Waals surface area contributed by atoms with Crippen LogP contribution in [0.4, 0.5) is 5.95 Å². The van der Waals surface area contributed by atoms with Crippen molar-refractivity contribution in [3.63, 3.8) is 0 Å². The first kappa shape index (κ1) is 18.9. The third-order valence-electron chi connectivity index (χ3n) is 4.17. The molecule has 0 saturated heterocycles. The summed E-state index contributed by atoms with van der Waals surface area (Å²) in [5.74, 6) is 0.302. The zero-order valence-corrected chi connectivity index (χ0v) is 15.8. The van der Waals surface area contributed by atoms with Gasteiger partial charge in [0.2, 0.25) is 5.95 Å². The fraction of sp³-hybridized carbons (Fsp3) is 0.190. The molecule has 1 atom stereocenters. The first-order valence-electron chi connectivity index (χ1n) is 8.78. The van der Waals surface area contributed by atoms with E-state index in [9.17, 15) is 4.79 Å². The van der Waals surface area contributed by atoms with Gasteiger partial charge in [0.15, 0.2) is 0 Å². The van der Waals surface area contributed by atoms with E-state index >= 15 is 0 Å². The summed E-state index contributed by atoms with van der Waals surface area (Å²) in [5.41, 5.74) is 2.66. The van der Waals surface area contributed by atoms with Gasteiger partial charge in [0.25, 0.3) is 5.91 Å². The van der Waals surface area contributed by atoms with E-state index in [2.05, 4.69) is 20.6 Å². The Hall–Kier alpha value is -2.92. The number of rotatable bonds is 7. The number of nitrogens with zero attached hydrogens (tertiary/aromatic N) is 2. The predicted octanol–water partition coefficient (Wildman–Crippen LogP) is 4.28. The number of carbonyl (C=O) groups is 1. The van der Waals surface area contributed by atoms with Crippen molar-refractivity contribution < 1.29 is 4.79 Å². The Morgan fingerprint density at radius 3 is 2.37 bits per heavy atom. The summed E-state index contributed by atoms with van der Waals surface area (Å²) in [5, 5.41) is 6.83. The molecule has 0 saturated carbocycles. The van der Waals surface area contributed by atoms with Gasteiger partial charge in [0.1, 0.15) is 0 Å². The number of aromatic nitrogens is 2. The van der Waals surface area contributed by atoms with Gasteiger partial charge in [-0.05, 0) is 36.6 Å². The maximum Gasteiger partial charge on any atom is 0.254 e. The van der Waals surface area contributed by atoms with Gasteiger partial charge in [0.05, 0.1) is 11.6 Å². The van der Waals surface area contributed by atoms with Crippen LogP contribution >= 0.6 is 11.6 Å². The molecular formula is C21H21ClN4O. The van der Waals surface area contributed by atoms with Gasteiger partial charge in [0, 0.05) is 24.0 Å². The van der Waals surface area contributed by atoms with E-state index in [1.54, 1.807) is 0 Å². The van der Waals surface area contributed by atoms with Crippen molar-refractivity contribution in [2.45, 2.75) is 19.4 Å². The number of nitrogens with one attached hydrogen (secondary N) is 2. The largest absolute Gasteiger partial charge is 0.354 e. The quantitative estimate of drug-likeness (QED) is 0.642. The number of hydrogen-bond acceptors (Lipinski definition) is 4. The summed E-state index contributed by atoms with van der Waals surface area (Å²) in [6, 6.07) is 17.5. The monoisotopic (exact) mass is 380 g/mol. The minimum absolute atomic E-state index is 0.0872. The summed E-state index contributed by atoms with van der Waals surface area (Å²) >= 11 is 5.88. The maximum absolute atomic E-state index is 12.3. The van der Waals surface area contributed by atoms with Crippen LogP contribution in [-0.2, 0) is 6.42 Å². The molecule has 6 heteroatoms. The average molecular weight is 381 g/mol. The Balaban J connectivity index is 1.50. The van der Waals surface area contributed by atoms with Crippen LogP contribution < -0.4 is 10.6 Å². The summed E-state index contributed by atoms with van der Waals surface area (Å²) < 4.78 is 0. The number of hydrogen-bond donors (Lipinski definition) is 2. The highest BCUT2D eigenvalue weighted by molar-refractivity contribution is 6.30. The minimum atomic E-state index is -0.195. The molecular weight excluding hydrogens is 360 g/mol. The second-order valence-corrected chi connectivity index (χ2v) is 6.64. The molecule has 5 nitrogen and oxygen atoms in total. The van der Waals surface area contributed by atoms with Crippen LogP contribution in [0, 0.1) is 0 Å². The van der Waals surface area contributed by atoms with E-state index in [0.717, 1.165) is 17.0 Å². The number of anilines is 1. The van der Waals surface area contributed by atoms with Gasteiger partial charge in [-0.15, -0.1) is 0 Å². The van der Waals surface area contributed by atoms with Gasteiger partial charge >= 0.3 is 0 Å². The van der Waals surface area contributed by atoms with Gasteiger partial charge < -0.3 is 10.6 Å². The molecule has 2 N–H and O–H groups in total. The Bertz CT molecular complexity index is 867. The van der Waals surface area contributed by atoms with E-state index in [4.69, 9.17) is 11.6 Å². The Kier molecular flexibility index (Phi) is 6.39. The van der Waals surface area contributed by atoms with Crippen molar-refractivity contribution in [2.24, 2.45) is 0 Å². The number of amides is 1. The van der Waals surface area contributed by atoms with Crippen molar-refractivity contribution in [3.8, 4) is 0 Å². The smallest absolute Gasteiger partial charge is 0.254 e. The van der Waals surface area contributed by atoms with Crippen LogP contribution in [0.3, 0.4) is 0 Å². The average Bonchev–Trinajstić information content (AvgIpc) is 2.70. The fourth-order valence-corrected chi connectivity index (χ4v) is 2.74. The molecule has 0 aliphatic heterocycles. The molecule has 1 unspecified atom stereocenters. The summed E-state index contributed by atoms with van der Waals surface area (Å²) in [4.78, 5) is 20.8. The van der Waals surface area contributed by atoms with Crippen molar-refractivity contribution in [2.75, 3.05) is 11.9 Å². The lowest BCUT2D eigenvalue weighted by Gasteiger charge is -2.14. The summed E-state index contributed by atoms with van der Waals surface area (Å²) in [7, 11) is 0. The second kappa shape index (κ2) is 9.14. The van der Waals surface area contributed by atoms with Crippen LogP contribution in [0.5, 0.6) is 0 Å². The molecule has 3 rings (SSSR count). The van der Waals surface area contributed by atoms with Crippen molar-refractivity contribution in [3.05, 3.63) is 88.7 Å². The zero-order valence-electron chi connectivity index (χ0n) is 15.0. The van der Waals surface area contributed by atoms with E-state index < -0.39 is 0 Å². The third kappa shape index (κ3) is 5.53. The Morgan fingerprint density at radius 2 is 1.70 bits per heavy atom. The third-order valence-corrected chi connectivity index (χ3v) is 4.42. The highest BCUT2D eigenvalue weighted by Gasteiger charge is 2.12. The van der Waals surface area contributed by atoms with Gasteiger partial charge in [-0.2, -0.15) is 0 Å². The normalized spacial score (nSPS) is 11.6. The SMILES string of the molecule is CC(NC(=O)c1cnc(NCCc2ccc(Cl)cc2)nc1)c1ccccc1. The molecule has 1 amide bonds. The maximum atomic E-state index is 12.3. The molecule has 0 aliphatic carbocycles. The summed E-state index contributed by atoms with van der Waals surface area (Å²) in [6.45, 7) is 2.64. The molecule has 3 aromatic rings.